The number of carboxylic acids is 2. The van der Waals surface area contributed by atoms with Crippen molar-refractivity contribution in [3.63, 3.8) is 0 Å². The minimum absolute atomic E-state index is 0.422. The number of carbonyl (C=O) groups excluding carboxylic acids is 1. The standard InChI is InChI=1S/C14H27O.C4H7NO4.K/c1-2-3-4-5-6-7-8-9-10-11-12-13-14-15;5-2(4(8)9)1-3(6)7;/h2-13H2,1H3;2H,1,5H2,(H,6,7)(H,8,9);. The molecule has 0 saturated carbocycles. The number of aliphatic carboxylic acids is 2. The van der Waals surface area contributed by atoms with Gasteiger partial charge in [0, 0.05) is 0 Å². The summed E-state index contributed by atoms with van der Waals surface area (Å²) >= 11 is 0.422. The molecule has 1 unspecified atom stereocenters. The van der Waals surface area contributed by atoms with Crippen LogP contribution in [0.3, 0.4) is 0 Å². The molecular formula is C18H34KNO5. The summed E-state index contributed by atoms with van der Waals surface area (Å²) in [4.78, 5) is 30.4. The Kier molecular flexibility index (Phi) is 22.5. The van der Waals surface area contributed by atoms with Gasteiger partial charge < -0.3 is 15.9 Å². The number of nitrogens with two attached hydrogens (primary N) is 1. The smallest absolute Gasteiger partial charge is 0.321 e. The van der Waals surface area contributed by atoms with E-state index in [2.05, 4.69) is 6.92 Å². The molecule has 0 saturated heterocycles. The summed E-state index contributed by atoms with van der Waals surface area (Å²) in [6, 6.07) is -1.29. The van der Waals surface area contributed by atoms with Crippen LogP contribution < -0.4 is 5.73 Å². The van der Waals surface area contributed by atoms with Gasteiger partial charge in [-0.1, -0.05) is 13.3 Å². The van der Waals surface area contributed by atoms with E-state index in [1.165, 1.54) is 64.2 Å². The van der Waals surface area contributed by atoms with E-state index in [1.807, 2.05) is 0 Å². The number of hydrogen-bond donors (Lipinski definition) is 3. The van der Waals surface area contributed by atoms with Crippen LogP contribution in [0.5, 0.6) is 0 Å². The summed E-state index contributed by atoms with van der Waals surface area (Å²) < 4.78 is 0.531. The Balaban J connectivity index is 0. The zero-order valence-electron chi connectivity index (χ0n) is 16.0. The van der Waals surface area contributed by atoms with Gasteiger partial charge in [-0.15, -0.1) is 0 Å². The molecule has 0 aliphatic rings. The van der Waals surface area contributed by atoms with Crippen LogP contribution in [0.2, 0.25) is 0 Å². The summed E-state index contributed by atoms with van der Waals surface area (Å²) in [5.41, 5.74) is 4.84. The van der Waals surface area contributed by atoms with Crippen LogP contribution in [0.15, 0.2) is 0 Å². The van der Waals surface area contributed by atoms with Crippen molar-refractivity contribution >= 4 is 60.8 Å². The number of rotatable bonds is 15. The first-order valence-electron chi connectivity index (χ1n) is 9.50. The van der Waals surface area contributed by atoms with Crippen molar-refractivity contribution in [2.75, 3.05) is 0 Å². The van der Waals surface area contributed by atoms with Gasteiger partial charge in [0.25, 0.3) is 0 Å². The van der Waals surface area contributed by atoms with Crippen LogP contribution in [-0.2, 0) is 14.4 Å². The molecule has 0 heterocycles. The molecule has 0 rings (SSSR count). The van der Waals surface area contributed by atoms with Crippen molar-refractivity contribution < 1.29 is 24.6 Å². The third-order valence-corrected chi connectivity index (χ3v) is 4.62. The SMILES string of the molecule is CCCCCCCCCCCCC[C](=O)[K].NC(CC(=O)O)C(=O)O. The average Bonchev–Trinajstić information content (AvgIpc) is 2.52. The van der Waals surface area contributed by atoms with Gasteiger partial charge in [0.2, 0.25) is 0 Å². The van der Waals surface area contributed by atoms with Crippen LogP contribution in [0.25, 0.3) is 0 Å². The van der Waals surface area contributed by atoms with E-state index in [4.69, 9.17) is 15.9 Å². The van der Waals surface area contributed by atoms with Crippen LogP contribution >= 0.6 is 0 Å². The number of carboxylic acid groups (broad SMARTS) is 2. The Morgan fingerprint density at radius 1 is 0.840 bits per heavy atom. The Labute approximate surface area is 185 Å². The Morgan fingerprint density at radius 3 is 1.52 bits per heavy atom. The molecule has 7 heteroatoms. The number of hydrogen-bond acceptors (Lipinski definition) is 4. The van der Waals surface area contributed by atoms with E-state index < -0.39 is 24.4 Å². The van der Waals surface area contributed by atoms with Gasteiger partial charge in [-0.2, -0.15) is 0 Å². The fourth-order valence-corrected chi connectivity index (χ4v) is 2.87. The monoisotopic (exact) mass is 383 g/mol. The van der Waals surface area contributed by atoms with Crippen molar-refractivity contribution in [1.82, 2.24) is 0 Å². The molecule has 1 atom stereocenters. The summed E-state index contributed by atoms with van der Waals surface area (Å²) in [7, 11) is 0. The molecule has 142 valence electrons. The third-order valence-electron chi connectivity index (χ3n) is 3.84. The molecule has 0 aliphatic heterocycles. The summed E-state index contributed by atoms with van der Waals surface area (Å²) in [6.45, 7) is 2.27. The van der Waals surface area contributed by atoms with Crippen molar-refractivity contribution in [3.05, 3.63) is 0 Å². The van der Waals surface area contributed by atoms with E-state index in [9.17, 15) is 14.4 Å². The summed E-state index contributed by atoms with van der Waals surface area (Å²) in [5.74, 6) is -2.50. The maximum atomic E-state index is 10.8. The van der Waals surface area contributed by atoms with E-state index in [0.717, 1.165) is 12.8 Å². The Hall–Kier alpha value is 0.206. The van der Waals surface area contributed by atoms with Gasteiger partial charge >= 0.3 is 136 Å². The van der Waals surface area contributed by atoms with Gasteiger partial charge in [-0.3, -0.25) is 9.59 Å². The molecule has 25 heavy (non-hydrogen) atoms. The average molecular weight is 384 g/mol. The Morgan fingerprint density at radius 2 is 1.24 bits per heavy atom. The van der Waals surface area contributed by atoms with Crippen LogP contribution in [0, 0.1) is 0 Å². The maximum Gasteiger partial charge on any atom is 0.321 e. The van der Waals surface area contributed by atoms with Gasteiger partial charge in [0.15, 0.2) is 0 Å². The molecule has 0 aromatic heterocycles. The first-order valence-corrected chi connectivity index (χ1v) is 11.1. The van der Waals surface area contributed by atoms with Gasteiger partial charge in [0.1, 0.15) is 6.04 Å². The van der Waals surface area contributed by atoms with Gasteiger partial charge in [0.05, 0.1) is 6.42 Å². The quantitative estimate of drug-likeness (QED) is 0.295. The zero-order valence-corrected chi connectivity index (χ0v) is 19.1. The van der Waals surface area contributed by atoms with Crippen LogP contribution in [0.1, 0.15) is 90.4 Å². The molecule has 0 aromatic carbocycles. The number of unbranched alkanes of at least 4 members (excludes halogenated alkanes) is 10. The number of carbonyl (C=O) groups is 3. The van der Waals surface area contributed by atoms with Crippen LogP contribution in [0.4, 0.5) is 0 Å². The van der Waals surface area contributed by atoms with E-state index >= 15 is 0 Å². The molecule has 0 radical (unpaired) electrons. The normalized spacial score (nSPS) is 11.4. The molecule has 0 aliphatic carbocycles. The van der Waals surface area contributed by atoms with Crippen LogP contribution in [-0.4, -0.2) is 77.0 Å². The topological polar surface area (TPSA) is 118 Å². The second-order valence-electron chi connectivity index (χ2n) is 6.53. The zero-order chi connectivity index (χ0) is 19.5. The van der Waals surface area contributed by atoms with Crippen molar-refractivity contribution in [1.29, 1.82) is 0 Å². The van der Waals surface area contributed by atoms with E-state index in [0.29, 0.717) is 48.8 Å². The molecule has 6 nitrogen and oxygen atoms in total. The molecule has 0 aromatic rings. The predicted octanol–water partition coefficient (Wildman–Crippen LogP) is 3.26. The van der Waals surface area contributed by atoms with Crippen molar-refractivity contribution in [2.45, 2.75) is 96.4 Å². The molecule has 4 N–H and O–H groups in total. The van der Waals surface area contributed by atoms with E-state index in [1.54, 1.807) is 0 Å². The minimum atomic E-state index is -1.29. The predicted molar refractivity (Wildman–Crippen MR) is 99.7 cm³/mol. The minimum Gasteiger partial charge on any atom is -0.481 e. The molecular weight excluding hydrogens is 349 g/mol. The summed E-state index contributed by atoms with van der Waals surface area (Å²) in [5, 5.41) is 16.0. The second-order valence-corrected chi connectivity index (χ2v) is 8.27. The molecule has 0 spiro atoms. The van der Waals surface area contributed by atoms with Gasteiger partial charge in [-0.25, -0.2) is 0 Å². The molecule has 0 amide bonds. The maximum absolute atomic E-state index is 10.8. The van der Waals surface area contributed by atoms with Crippen molar-refractivity contribution in [3.8, 4) is 0 Å². The first kappa shape index (κ1) is 27.4. The third kappa shape index (κ3) is 26.5. The van der Waals surface area contributed by atoms with Gasteiger partial charge in [-0.05, 0) is 0 Å². The fraction of sp³-hybridized carbons (Fsp3) is 0.833. The summed E-state index contributed by atoms with van der Waals surface area (Å²) in [6.07, 6.45) is 15.4. The second kappa shape index (κ2) is 20.5. The van der Waals surface area contributed by atoms with Crippen molar-refractivity contribution in [2.24, 2.45) is 5.73 Å². The Bertz CT molecular complexity index is 363. The largest absolute Gasteiger partial charge is 0.481 e. The fourth-order valence-electron chi connectivity index (χ4n) is 2.31. The molecule has 0 bridgehead atoms. The van der Waals surface area contributed by atoms with E-state index in [-0.39, 0.29) is 0 Å². The molecule has 0 fully saturated rings. The first-order chi connectivity index (χ1) is 11.8.